The fraction of sp³-hybridized carbons (Fsp3) is 0.529. The number of anilines is 1. The first-order valence-electron chi connectivity index (χ1n) is 7.91. The van der Waals surface area contributed by atoms with Crippen LogP contribution in [0.15, 0.2) is 24.5 Å². The molecule has 1 N–H and O–H groups in total. The molecule has 5 nitrogen and oxygen atoms in total. The normalized spacial score (nSPS) is 22.0. The van der Waals surface area contributed by atoms with E-state index in [0.29, 0.717) is 18.6 Å². The topological polar surface area (TPSA) is 52.5 Å². The number of rotatable bonds is 4. The zero-order chi connectivity index (χ0) is 15.7. The van der Waals surface area contributed by atoms with Crippen molar-refractivity contribution < 1.29 is 5.11 Å². The molecule has 0 saturated carbocycles. The van der Waals surface area contributed by atoms with Crippen LogP contribution in [0.4, 0.5) is 5.82 Å². The summed E-state index contributed by atoms with van der Waals surface area (Å²) in [5.41, 5.74) is 2.22. The minimum absolute atomic E-state index is 0.204. The third kappa shape index (κ3) is 2.66. The third-order valence-corrected chi connectivity index (χ3v) is 4.77. The number of aryl methyl sites for hydroxylation is 1. The van der Waals surface area contributed by atoms with Gasteiger partial charge in [0.25, 0.3) is 0 Å². The summed E-state index contributed by atoms with van der Waals surface area (Å²) >= 11 is 0. The van der Waals surface area contributed by atoms with Crippen LogP contribution >= 0.6 is 0 Å². The van der Waals surface area contributed by atoms with Crippen LogP contribution in [0.25, 0.3) is 10.9 Å². The van der Waals surface area contributed by atoms with Crippen LogP contribution in [0, 0.1) is 6.92 Å². The van der Waals surface area contributed by atoms with E-state index in [1.807, 2.05) is 0 Å². The van der Waals surface area contributed by atoms with E-state index in [4.69, 9.17) is 5.11 Å². The number of benzene rings is 1. The standard InChI is InChI=1S/C17H24N4O/c1-12-4-5-15-14(10-12)17(19-11-18-15)21-7-6-16(13(21)2)20(3)8-9-22/h4-5,10-11,13,16,22H,6-9H2,1-3H3/t13-,16-/m1/s1. The fourth-order valence-corrected chi connectivity index (χ4v) is 3.52. The second-order valence-corrected chi connectivity index (χ2v) is 6.21. The second kappa shape index (κ2) is 6.18. The van der Waals surface area contributed by atoms with Crippen LogP contribution < -0.4 is 4.90 Å². The molecule has 0 unspecified atom stereocenters. The predicted molar refractivity (Wildman–Crippen MR) is 89.2 cm³/mol. The van der Waals surface area contributed by atoms with Crippen molar-refractivity contribution in [1.29, 1.82) is 0 Å². The Morgan fingerprint density at radius 2 is 2.18 bits per heavy atom. The predicted octanol–water partition coefficient (Wildman–Crippen LogP) is 1.83. The Bertz CT molecular complexity index is 660. The lowest BCUT2D eigenvalue weighted by atomic mass is 10.1. The van der Waals surface area contributed by atoms with Crippen molar-refractivity contribution in [3.05, 3.63) is 30.1 Å². The van der Waals surface area contributed by atoms with Gasteiger partial charge in [-0.1, -0.05) is 11.6 Å². The minimum atomic E-state index is 0.204. The smallest absolute Gasteiger partial charge is 0.140 e. The molecule has 1 aliphatic heterocycles. The molecule has 118 valence electrons. The zero-order valence-electron chi connectivity index (χ0n) is 13.5. The van der Waals surface area contributed by atoms with Gasteiger partial charge in [0.05, 0.1) is 12.1 Å². The first kappa shape index (κ1) is 15.2. The van der Waals surface area contributed by atoms with Gasteiger partial charge in [0.15, 0.2) is 0 Å². The zero-order valence-corrected chi connectivity index (χ0v) is 13.5. The molecule has 1 fully saturated rings. The van der Waals surface area contributed by atoms with Gasteiger partial charge in [0.2, 0.25) is 0 Å². The van der Waals surface area contributed by atoms with Gasteiger partial charge in [0.1, 0.15) is 12.1 Å². The maximum atomic E-state index is 9.16. The van der Waals surface area contributed by atoms with Crippen LogP contribution in [0.1, 0.15) is 18.9 Å². The van der Waals surface area contributed by atoms with Crippen molar-refractivity contribution in [2.75, 3.05) is 31.6 Å². The third-order valence-electron chi connectivity index (χ3n) is 4.77. The highest BCUT2D eigenvalue weighted by molar-refractivity contribution is 5.90. The Balaban J connectivity index is 1.93. The van der Waals surface area contributed by atoms with E-state index in [1.165, 1.54) is 5.56 Å². The second-order valence-electron chi connectivity index (χ2n) is 6.21. The molecule has 2 atom stereocenters. The monoisotopic (exact) mass is 300 g/mol. The highest BCUT2D eigenvalue weighted by atomic mass is 16.3. The molecule has 2 aromatic rings. The Labute approximate surface area is 131 Å². The Morgan fingerprint density at radius 1 is 1.36 bits per heavy atom. The molecule has 1 aromatic carbocycles. The van der Waals surface area contributed by atoms with E-state index in [-0.39, 0.29) is 6.61 Å². The number of likely N-dealkylation sites (N-methyl/N-ethyl adjacent to an activating group) is 1. The Hall–Kier alpha value is -1.72. The summed E-state index contributed by atoms with van der Waals surface area (Å²) in [6.45, 7) is 6.25. The van der Waals surface area contributed by atoms with Gasteiger partial charge in [-0.25, -0.2) is 9.97 Å². The lowest BCUT2D eigenvalue weighted by molar-refractivity contribution is 0.175. The SMILES string of the molecule is Cc1ccc2ncnc(N3CC[C@@H](N(C)CCO)[C@H]3C)c2c1. The largest absolute Gasteiger partial charge is 0.395 e. The minimum Gasteiger partial charge on any atom is -0.395 e. The lowest BCUT2D eigenvalue weighted by Crippen LogP contribution is -2.43. The van der Waals surface area contributed by atoms with Crippen LogP contribution in [0.5, 0.6) is 0 Å². The highest BCUT2D eigenvalue weighted by Crippen LogP contribution is 2.31. The molecule has 0 aliphatic carbocycles. The molecular weight excluding hydrogens is 276 g/mol. The average Bonchev–Trinajstić information content (AvgIpc) is 2.88. The van der Waals surface area contributed by atoms with Crippen molar-refractivity contribution in [3.63, 3.8) is 0 Å². The first-order chi connectivity index (χ1) is 10.6. The van der Waals surface area contributed by atoms with E-state index in [9.17, 15) is 0 Å². The van der Waals surface area contributed by atoms with Gasteiger partial charge in [-0.3, -0.25) is 4.90 Å². The van der Waals surface area contributed by atoms with Crippen molar-refractivity contribution >= 4 is 16.7 Å². The van der Waals surface area contributed by atoms with Gasteiger partial charge in [-0.2, -0.15) is 0 Å². The lowest BCUT2D eigenvalue weighted by Gasteiger charge is -2.31. The van der Waals surface area contributed by atoms with Gasteiger partial charge < -0.3 is 10.0 Å². The van der Waals surface area contributed by atoms with E-state index in [2.05, 4.69) is 58.9 Å². The molecule has 0 amide bonds. The molecule has 0 spiro atoms. The summed E-state index contributed by atoms with van der Waals surface area (Å²) in [7, 11) is 2.09. The number of hydrogen-bond acceptors (Lipinski definition) is 5. The first-order valence-corrected chi connectivity index (χ1v) is 7.91. The molecule has 0 bridgehead atoms. The molecule has 2 heterocycles. The van der Waals surface area contributed by atoms with Gasteiger partial charge in [-0.05, 0) is 39.4 Å². The van der Waals surface area contributed by atoms with Crippen LogP contribution in [-0.2, 0) is 0 Å². The summed E-state index contributed by atoms with van der Waals surface area (Å²) in [6.07, 6.45) is 2.75. The molecule has 0 radical (unpaired) electrons. The summed E-state index contributed by atoms with van der Waals surface area (Å²) < 4.78 is 0. The maximum absolute atomic E-state index is 9.16. The van der Waals surface area contributed by atoms with Gasteiger partial charge in [0, 0.05) is 30.6 Å². The van der Waals surface area contributed by atoms with E-state index < -0.39 is 0 Å². The molecule has 3 rings (SSSR count). The van der Waals surface area contributed by atoms with E-state index in [0.717, 1.165) is 29.7 Å². The number of aliphatic hydroxyl groups is 1. The molecule has 1 aromatic heterocycles. The summed E-state index contributed by atoms with van der Waals surface area (Å²) in [5.74, 6) is 1.03. The van der Waals surface area contributed by atoms with Crippen LogP contribution in [0.3, 0.4) is 0 Å². The average molecular weight is 300 g/mol. The number of aliphatic hydroxyl groups excluding tert-OH is 1. The Morgan fingerprint density at radius 3 is 2.95 bits per heavy atom. The summed E-state index contributed by atoms with van der Waals surface area (Å²) in [6, 6.07) is 7.13. The Kier molecular flexibility index (Phi) is 4.27. The van der Waals surface area contributed by atoms with Crippen molar-refractivity contribution in [2.24, 2.45) is 0 Å². The van der Waals surface area contributed by atoms with Crippen LogP contribution in [0.2, 0.25) is 0 Å². The molecule has 1 saturated heterocycles. The van der Waals surface area contributed by atoms with Gasteiger partial charge in [-0.15, -0.1) is 0 Å². The number of aromatic nitrogens is 2. The summed E-state index contributed by atoms with van der Waals surface area (Å²) in [5, 5.41) is 10.3. The number of nitrogens with zero attached hydrogens (tertiary/aromatic N) is 4. The van der Waals surface area contributed by atoms with Crippen molar-refractivity contribution in [2.45, 2.75) is 32.4 Å². The van der Waals surface area contributed by atoms with E-state index in [1.54, 1.807) is 6.33 Å². The molecular formula is C17H24N4O. The quantitative estimate of drug-likeness (QED) is 0.933. The number of fused-ring (bicyclic) bond motifs is 1. The van der Waals surface area contributed by atoms with E-state index >= 15 is 0 Å². The highest BCUT2D eigenvalue weighted by Gasteiger charge is 2.34. The maximum Gasteiger partial charge on any atom is 0.140 e. The fourth-order valence-electron chi connectivity index (χ4n) is 3.52. The molecule has 22 heavy (non-hydrogen) atoms. The van der Waals surface area contributed by atoms with Crippen molar-refractivity contribution in [3.8, 4) is 0 Å². The number of hydrogen-bond donors (Lipinski definition) is 1. The van der Waals surface area contributed by atoms with Crippen LogP contribution in [-0.4, -0.2) is 58.8 Å². The molecule has 1 aliphatic rings. The van der Waals surface area contributed by atoms with Gasteiger partial charge >= 0.3 is 0 Å². The summed E-state index contributed by atoms with van der Waals surface area (Å²) in [4.78, 5) is 13.6. The van der Waals surface area contributed by atoms with Crippen molar-refractivity contribution in [1.82, 2.24) is 14.9 Å². The molecule has 5 heteroatoms.